The molecule has 1 aromatic rings. The standard InChI is InChI=1S/C13H20Cl2N4/c1-2-7-19(10-5-3-9(16)4-6-10)11-8-12(14)17-18-13(11)15/h8-10H,2-7,16H2,1H3. The van der Waals surface area contributed by atoms with Crippen molar-refractivity contribution in [1.29, 1.82) is 0 Å². The predicted octanol–water partition coefficient (Wildman–Crippen LogP) is 3.27. The predicted molar refractivity (Wildman–Crippen MR) is 79.9 cm³/mol. The van der Waals surface area contributed by atoms with Crippen LogP contribution in [0.2, 0.25) is 10.3 Å². The fourth-order valence-electron chi connectivity index (χ4n) is 2.70. The van der Waals surface area contributed by atoms with Gasteiger partial charge in [0.05, 0.1) is 5.69 Å². The Morgan fingerprint density at radius 1 is 1.26 bits per heavy atom. The number of hydrogen-bond acceptors (Lipinski definition) is 4. The normalized spacial score (nSPS) is 23.4. The maximum Gasteiger partial charge on any atom is 0.175 e. The molecular formula is C13H20Cl2N4. The lowest BCUT2D eigenvalue weighted by Gasteiger charge is -2.37. The Balaban J connectivity index is 2.21. The van der Waals surface area contributed by atoms with Gasteiger partial charge in [0.1, 0.15) is 0 Å². The van der Waals surface area contributed by atoms with E-state index in [2.05, 4.69) is 22.0 Å². The van der Waals surface area contributed by atoms with Crippen molar-refractivity contribution in [3.63, 3.8) is 0 Å². The summed E-state index contributed by atoms with van der Waals surface area (Å²) in [5.41, 5.74) is 6.87. The fourth-order valence-corrected chi connectivity index (χ4v) is 3.04. The summed E-state index contributed by atoms with van der Waals surface area (Å²) in [5, 5.41) is 8.49. The van der Waals surface area contributed by atoms with Crippen LogP contribution in [0.25, 0.3) is 0 Å². The third-order valence-corrected chi connectivity index (χ3v) is 4.11. The summed E-state index contributed by atoms with van der Waals surface area (Å²) in [5.74, 6) is 0. The minimum atomic E-state index is 0.342. The summed E-state index contributed by atoms with van der Waals surface area (Å²) in [6.07, 6.45) is 5.37. The first-order chi connectivity index (χ1) is 9.11. The molecule has 106 valence electrons. The van der Waals surface area contributed by atoms with Gasteiger partial charge in [0, 0.05) is 24.7 Å². The largest absolute Gasteiger partial charge is 0.366 e. The van der Waals surface area contributed by atoms with Gasteiger partial charge in [-0.1, -0.05) is 30.1 Å². The Morgan fingerprint density at radius 3 is 2.58 bits per heavy atom. The number of hydrogen-bond donors (Lipinski definition) is 1. The van der Waals surface area contributed by atoms with Crippen molar-refractivity contribution in [2.24, 2.45) is 5.73 Å². The lowest BCUT2D eigenvalue weighted by Crippen LogP contribution is -2.41. The SMILES string of the molecule is CCCN(c1cc(Cl)nnc1Cl)C1CCC(N)CC1. The summed E-state index contributed by atoms with van der Waals surface area (Å²) in [4.78, 5) is 2.31. The number of nitrogens with zero attached hydrogens (tertiary/aromatic N) is 3. The molecule has 2 N–H and O–H groups in total. The highest BCUT2D eigenvalue weighted by Gasteiger charge is 2.26. The van der Waals surface area contributed by atoms with E-state index in [1.807, 2.05) is 0 Å². The van der Waals surface area contributed by atoms with Crippen LogP contribution in [-0.2, 0) is 0 Å². The zero-order chi connectivity index (χ0) is 13.8. The van der Waals surface area contributed by atoms with Gasteiger partial charge >= 0.3 is 0 Å². The van der Waals surface area contributed by atoms with E-state index in [1.165, 1.54) is 0 Å². The van der Waals surface area contributed by atoms with Crippen molar-refractivity contribution in [1.82, 2.24) is 10.2 Å². The second kappa shape index (κ2) is 6.73. The van der Waals surface area contributed by atoms with Crippen LogP contribution in [-0.4, -0.2) is 28.8 Å². The van der Waals surface area contributed by atoms with Gasteiger partial charge in [0.2, 0.25) is 0 Å². The quantitative estimate of drug-likeness (QED) is 0.927. The number of aromatic nitrogens is 2. The highest BCUT2D eigenvalue weighted by Crippen LogP contribution is 2.32. The molecule has 0 bridgehead atoms. The maximum atomic E-state index is 6.18. The molecule has 0 saturated heterocycles. The summed E-state index contributed by atoms with van der Waals surface area (Å²) in [6, 6.07) is 2.62. The Labute approximate surface area is 124 Å². The zero-order valence-electron chi connectivity index (χ0n) is 11.1. The molecule has 1 aromatic heterocycles. The van der Waals surface area contributed by atoms with Gasteiger partial charge in [0.15, 0.2) is 10.3 Å². The highest BCUT2D eigenvalue weighted by atomic mass is 35.5. The van der Waals surface area contributed by atoms with Crippen molar-refractivity contribution >= 4 is 28.9 Å². The van der Waals surface area contributed by atoms with Gasteiger partial charge in [-0.25, -0.2) is 0 Å². The Hall–Kier alpha value is -0.580. The van der Waals surface area contributed by atoms with E-state index >= 15 is 0 Å². The van der Waals surface area contributed by atoms with Crippen LogP contribution in [0.15, 0.2) is 6.07 Å². The van der Waals surface area contributed by atoms with Crippen molar-refractivity contribution in [2.45, 2.75) is 51.1 Å². The van der Waals surface area contributed by atoms with E-state index < -0.39 is 0 Å². The number of anilines is 1. The van der Waals surface area contributed by atoms with Gasteiger partial charge < -0.3 is 10.6 Å². The average molecular weight is 303 g/mol. The molecule has 4 nitrogen and oxygen atoms in total. The Morgan fingerprint density at radius 2 is 1.95 bits per heavy atom. The molecule has 0 radical (unpaired) electrons. The Bertz CT molecular complexity index is 419. The lowest BCUT2D eigenvalue weighted by molar-refractivity contribution is 0.375. The molecule has 0 aromatic carbocycles. The van der Waals surface area contributed by atoms with Gasteiger partial charge in [-0.3, -0.25) is 0 Å². The first kappa shape index (κ1) is 14.8. The summed E-state index contributed by atoms with van der Waals surface area (Å²) in [6.45, 7) is 3.10. The molecule has 1 heterocycles. The average Bonchev–Trinajstić information content (AvgIpc) is 2.40. The number of halogens is 2. The third-order valence-electron chi connectivity index (χ3n) is 3.66. The van der Waals surface area contributed by atoms with Crippen LogP contribution in [0.5, 0.6) is 0 Å². The number of rotatable bonds is 4. The van der Waals surface area contributed by atoms with Crippen LogP contribution >= 0.6 is 23.2 Å². The van der Waals surface area contributed by atoms with E-state index in [0.29, 0.717) is 22.4 Å². The van der Waals surface area contributed by atoms with Crippen LogP contribution in [0, 0.1) is 0 Å². The van der Waals surface area contributed by atoms with E-state index in [4.69, 9.17) is 28.9 Å². The van der Waals surface area contributed by atoms with E-state index in [0.717, 1.165) is 44.3 Å². The second-order valence-electron chi connectivity index (χ2n) is 5.11. The molecule has 0 unspecified atom stereocenters. The topological polar surface area (TPSA) is 55.0 Å². The summed E-state index contributed by atoms with van der Waals surface area (Å²) >= 11 is 12.1. The third kappa shape index (κ3) is 3.71. The van der Waals surface area contributed by atoms with E-state index in [9.17, 15) is 0 Å². The van der Waals surface area contributed by atoms with Crippen molar-refractivity contribution in [2.75, 3.05) is 11.4 Å². The molecular weight excluding hydrogens is 283 g/mol. The molecule has 1 aliphatic carbocycles. The van der Waals surface area contributed by atoms with Gasteiger partial charge in [-0.2, -0.15) is 0 Å². The molecule has 1 aliphatic rings. The minimum Gasteiger partial charge on any atom is -0.366 e. The van der Waals surface area contributed by atoms with Crippen LogP contribution in [0.4, 0.5) is 5.69 Å². The molecule has 1 fully saturated rings. The monoisotopic (exact) mass is 302 g/mol. The number of nitrogens with two attached hydrogens (primary N) is 1. The van der Waals surface area contributed by atoms with E-state index in [1.54, 1.807) is 6.07 Å². The van der Waals surface area contributed by atoms with Crippen LogP contribution in [0.1, 0.15) is 39.0 Å². The van der Waals surface area contributed by atoms with Crippen LogP contribution in [0.3, 0.4) is 0 Å². The molecule has 6 heteroatoms. The molecule has 19 heavy (non-hydrogen) atoms. The van der Waals surface area contributed by atoms with Crippen molar-refractivity contribution < 1.29 is 0 Å². The highest BCUT2D eigenvalue weighted by molar-refractivity contribution is 6.33. The summed E-state index contributed by atoms with van der Waals surface area (Å²) in [7, 11) is 0. The maximum absolute atomic E-state index is 6.18. The zero-order valence-corrected chi connectivity index (χ0v) is 12.7. The van der Waals surface area contributed by atoms with Crippen LogP contribution < -0.4 is 10.6 Å². The fraction of sp³-hybridized carbons (Fsp3) is 0.692. The van der Waals surface area contributed by atoms with Crippen molar-refractivity contribution in [3.8, 4) is 0 Å². The molecule has 2 rings (SSSR count). The second-order valence-corrected chi connectivity index (χ2v) is 5.85. The molecule has 0 atom stereocenters. The molecule has 0 spiro atoms. The van der Waals surface area contributed by atoms with Gasteiger partial charge in [-0.05, 0) is 32.1 Å². The minimum absolute atomic E-state index is 0.342. The van der Waals surface area contributed by atoms with Gasteiger partial charge in [0.25, 0.3) is 0 Å². The molecule has 0 amide bonds. The molecule has 0 aliphatic heterocycles. The summed E-state index contributed by atoms with van der Waals surface area (Å²) < 4.78 is 0. The first-order valence-corrected chi connectivity index (χ1v) is 7.58. The smallest absolute Gasteiger partial charge is 0.175 e. The molecule has 1 saturated carbocycles. The van der Waals surface area contributed by atoms with Crippen molar-refractivity contribution in [3.05, 3.63) is 16.4 Å². The Kier molecular flexibility index (Phi) is 5.25. The van der Waals surface area contributed by atoms with E-state index in [-0.39, 0.29) is 0 Å². The first-order valence-electron chi connectivity index (χ1n) is 6.82. The van der Waals surface area contributed by atoms with Gasteiger partial charge in [-0.15, -0.1) is 10.2 Å². The lowest BCUT2D eigenvalue weighted by atomic mass is 9.90.